The number of esters is 1. The molecule has 0 radical (unpaired) electrons. The number of hydrogen-bond donors (Lipinski definition) is 2. The van der Waals surface area contributed by atoms with Gasteiger partial charge >= 0.3 is 5.97 Å². The van der Waals surface area contributed by atoms with E-state index in [1.165, 1.54) is 12.0 Å². The Morgan fingerprint density at radius 1 is 1.05 bits per heavy atom. The molecule has 0 spiro atoms. The van der Waals surface area contributed by atoms with Crippen molar-refractivity contribution in [1.29, 1.82) is 0 Å². The van der Waals surface area contributed by atoms with Crippen LogP contribution in [0.3, 0.4) is 0 Å². The normalized spacial score (nSPS) is 20.7. The second-order valence-corrected chi connectivity index (χ2v) is 5.21. The van der Waals surface area contributed by atoms with Crippen LogP contribution in [-0.4, -0.2) is 34.7 Å². The highest BCUT2D eigenvalue weighted by Gasteiger charge is 2.37. The van der Waals surface area contributed by atoms with Gasteiger partial charge in [-0.05, 0) is 17.2 Å². The Bertz CT molecular complexity index is 686. The van der Waals surface area contributed by atoms with Gasteiger partial charge in [-0.3, -0.25) is 4.79 Å². The van der Waals surface area contributed by atoms with Crippen LogP contribution in [0, 0.1) is 0 Å². The third-order valence-electron chi connectivity index (χ3n) is 3.92. The van der Waals surface area contributed by atoms with Crippen LogP contribution < -0.4 is 0 Å². The number of rotatable bonds is 3. The topological polar surface area (TPSA) is 70.0 Å². The number of carbonyl (C=O) groups excluding carboxylic acids is 1. The molecule has 3 rings (SSSR count). The molecule has 0 aromatic heterocycles. The number of nitrogens with zero attached hydrogens (tertiary/aromatic N) is 1. The molecule has 0 bridgehead atoms. The van der Waals surface area contributed by atoms with Crippen molar-refractivity contribution in [2.75, 3.05) is 13.7 Å². The molecular weight excluding hydrogens is 282 g/mol. The minimum Gasteiger partial charge on any atom is -0.468 e. The summed E-state index contributed by atoms with van der Waals surface area (Å²) in [6.07, 6.45) is -2.05. The van der Waals surface area contributed by atoms with E-state index in [1.807, 2.05) is 42.5 Å². The lowest BCUT2D eigenvalue weighted by atomic mass is 10.00. The summed E-state index contributed by atoms with van der Waals surface area (Å²) in [5, 5.41) is 20.7. The zero-order valence-electron chi connectivity index (χ0n) is 12.1. The van der Waals surface area contributed by atoms with E-state index in [0.717, 1.165) is 11.1 Å². The Labute approximate surface area is 128 Å². The first kappa shape index (κ1) is 14.7. The molecule has 1 aliphatic rings. The summed E-state index contributed by atoms with van der Waals surface area (Å²) in [4.78, 5) is 12.7. The highest BCUT2D eigenvalue weighted by Crippen LogP contribution is 2.40. The van der Waals surface area contributed by atoms with Crippen molar-refractivity contribution in [2.45, 2.75) is 12.5 Å². The van der Waals surface area contributed by atoms with Gasteiger partial charge in [-0.25, -0.2) is 4.90 Å². The lowest BCUT2D eigenvalue weighted by molar-refractivity contribution is -0.152. The van der Waals surface area contributed by atoms with Crippen molar-refractivity contribution in [2.24, 2.45) is 0 Å². The van der Waals surface area contributed by atoms with E-state index in [-0.39, 0.29) is 6.54 Å². The van der Waals surface area contributed by atoms with Gasteiger partial charge in [0.1, 0.15) is 19.0 Å². The summed E-state index contributed by atoms with van der Waals surface area (Å²) < 4.78 is 4.60. The quantitative estimate of drug-likeness (QED) is 0.846. The van der Waals surface area contributed by atoms with E-state index in [1.54, 1.807) is 6.07 Å². The van der Waals surface area contributed by atoms with Gasteiger partial charge in [-0.1, -0.05) is 42.5 Å². The van der Waals surface area contributed by atoms with Crippen LogP contribution in [0.1, 0.15) is 23.6 Å². The minimum absolute atomic E-state index is 0.172. The highest BCUT2D eigenvalue weighted by molar-refractivity contribution is 5.72. The van der Waals surface area contributed by atoms with E-state index in [4.69, 9.17) is 0 Å². The fourth-order valence-electron chi connectivity index (χ4n) is 2.72. The van der Waals surface area contributed by atoms with Crippen molar-refractivity contribution in [3.63, 3.8) is 0 Å². The fourth-order valence-corrected chi connectivity index (χ4v) is 2.72. The van der Waals surface area contributed by atoms with Gasteiger partial charge in [0, 0.05) is 11.1 Å². The van der Waals surface area contributed by atoms with Crippen LogP contribution in [0.15, 0.2) is 48.5 Å². The Morgan fingerprint density at radius 3 is 2.41 bits per heavy atom. The number of carbonyl (C=O) groups is 1. The maximum absolute atomic E-state index is 11.4. The third-order valence-corrected chi connectivity index (χ3v) is 3.92. The van der Waals surface area contributed by atoms with E-state index in [2.05, 4.69) is 4.74 Å². The lowest BCUT2D eigenvalue weighted by Gasteiger charge is -2.22. The summed E-state index contributed by atoms with van der Waals surface area (Å²) in [7, 11) is 1.28. The van der Waals surface area contributed by atoms with Crippen LogP contribution in [0.2, 0.25) is 0 Å². The predicted molar refractivity (Wildman–Crippen MR) is 80.5 cm³/mol. The van der Waals surface area contributed by atoms with Gasteiger partial charge in [-0.15, -0.1) is 0 Å². The Balaban J connectivity index is 1.94. The molecule has 5 nitrogen and oxygen atoms in total. The number of hydrogen-bond acceptors (Lipinski definition) is 5. The van der Waals surface area contributed by atoms with E-state index in [9.17, 15) is 15.0 Å². The smallest absolute Gasteiger partial charge is 0.320 e. The summed E-state index contributed by atoms with van der Waals surface area (Å²) in [6.45, 7) is -0.172. The molecule has 1 aliphatic heterocycles. The van der Waals surface area contributed by atoms with Crippen molar-refractivity contribution < 1.29 is 19.7 Å². The summed E-state index contributed by atoms with van der Waals surface area (Å²) in [5.74, 6) is -0.505. The molecule has 2 N–H and O–H groups in total. The molecule has 2 aromatic carbocycles. The van der Waals surface area contributed by atoms with Gasteiger partial charge in [-0.2, -0.15) is 0 Å². The van der Waals surface area contributed by atoms with E-state index >= 15 is 0 Å². The van der Waals surface area contributed by atoms with Gasteiger partial charge in [0.25, 0.3) is 0 Å². The number of aliphatic hydroxyl groups is 2. The first-order valence-electron chi connectivity index (χ1n) is 7.00. The van der Waals surface area contributed by atoms with Crippen molar-refractivity contribution in [3.05, 3.63) is 59.7 Å². The molecule has 0 saturated carbocycles. The molecule has 0 amide bonds. The molecule has 2 aromatic rings. The van der Waals surface area contributed by atoms with Crippen LogP contribution in [0.4, 0.5) is 0 Å². The molecule has 0 saturated heterocycles. The molecule has 0 fully saturated rings. The largest absolute Gasteiger partial charge is 0.468 e. The van der Waals surface area contributed by atoms with Crippen molar-refractivity contribution in [1.82, 2.24) is 4.90 Å². The molecule has 1 heterocycles. The highest BCUT2D eigenvalue weighted by atomic mass is 16.5. The summed E-state index contributed by atoms with van der Waals surface area (Å²) in [6, 6.07) is 15.3. The molecule has 22 heavy (non-hydrogen) atoms. The molecule has 2 unspecified atom stereocenters. The predicted octanol–water partition coefficient (Wildman–Crippen LogP) is 1.82. The fraction of sp³-hybridized carbons (Fsp3) is 0.235. The standard InChI is InChI=1S/C17H17NO4/c1-22-15(19)10-18-16(20)13-8-7-12(9-14(13)17(18)21)11-5-3-2-4-6-11/h2-9,16-17,20-21H,10H2,1H3. The monoisotopic (exact) mass is 299 g/mol. The summed E-state index contributed by atoms with van der Waals surface area (Å²) in [5.41, 5.74) is 3.19. The zero-order valence-corrected chi connectivity index (χ0v) is 12.1. The maximum atomic E-state index is 11.4. The molecular formula is C17H17NO4. The van der Waals surface area contributed by atoms with Crippen LogP contribution in [0.5, 0.6) is 0 Å². The first-order valence-corrected chi connectivity index (χ1v) is 7.00. The number of benzene rings is 2. The van der Waals surface area contributed by atoms with E-state index < -0.39 is 18.4 Å². The van der Waals surface area contributed by atoms with Crippen molar-refractivity contribution in [3.8, 4) is 11.1 Å². The van der Waals surface area contributed by atoms with Crippen molar-refractivity contribution >= 4 is 5.97 Å². The number of aliphatic hydroxyl groups excluding tert-OH is 2. The van der Waals surface area contributed by atoms with Crippen LogP contribution >= 0.6 is 0 Å². The zero-order chi connectivity index (χ0) is 15.7. The average molecular weight is 299 g/mol. The van der Waals surface area contributed by atoms with Gasteiger partial charge in [0.2, 0.25) is 0 Å². The van der Waals surface area contributed by atoms with Crippen LogP contribution in [-0.2, 0) is 9.53 Å². The minimum atomic E-state index is -1.03. The Kier molecular flexibility index (Phi) is 3.94. The van der Waals surface area contributed by atoms with Crippen LogP contribution in [0.25, 0.3) is 11.1 Å². The Hall–Kier alpha value is -2.21. The molecule has 5 heteroatoms. The number of methoxy groups -OCH3 is 1. The average Bonchev–Trinajstić information content (AvgIpc) is 2.80. The maximum Gasteiger partial charge on any atom is 0.320 e. The second-order valence-electron chi connectivity index (χ2n) is 5.21. The van der Waals surface area contributed by atoms with Gasteiger partial charge in [0.15, 0.2) is 0 Å². The molecule has 114 valence electrons. The van der Waals surface area contributed by atoms with Gasteiger partial charge < -0.3 is 14.9 Å². The molecule has 0 aliphatic carbocycles. The van der Waals surface area contributed by atoms with Gasteiger partial charge in [0.05, 0.1) is 7.11 Å². The third kappa shape index (κ3) is 2.50. The lowest BCUT2D eigenvalue weighted by Crippen LogP contribution is -2.32. The number of fused-ring (bicyclic) bond motifs is 1. The van der Waals surface area contributed by atoms with E-state index in [0.29, 0.717) is 11.1 Å². The summed E-state index contributed by atoms with van der Waals surface area (Å²) >= 11 is 0. The number of ether oxygens (including phenoxy) is 1. The molecule has 2 atom stereocenters. The first-order chi connectivity index (χ1) is 10.6. The second kappa shape index (κ2) is 5.88. The Morgan fingerprint density at radius 2 is 1.73 bits per heavy atom. The SMILES string of the molecule is COC(=O)CN1C(O)c2ccc(-c3ccccc3)cc2C1O.